The highest BCUT2D eigenvalue weighted by Gasteiger charge is 2.31. The van der Waals surface area contributed by atoms with E-state index in [1.165, 1.54) is 15.9 Å². The van der Waals surface area contributed by atoms with Crippen molar-refractivity contribution in [3.8, 4) is 11.3 Å². The monoisotopic (exact) mass is 314 g/mol. The Morgan fingerprint density at radius 2 is 2.00 bits per heavy atom. The fourth-order valence-electron chi connectivity index (χ4n) is 2.39. The number of nitrogens with one attached hydrogen (secondary N) is 1. The summed E-state index contributed by atoms with van der Waals surface area (Å²) in [6.45, 7) is 0.867. The molecule has 2 amide bonds. The van der Waals surface area contributed by atoms with Gasteiger partial charge in [-0.1, -0.05) is 12.1 Å². The van der Waals surface area contributed by atoms with Gasteiger partial charge < -0.3 is 14.9 Å². The minimum Gasteiger partial charge on any atom is -0.477 e. The number of carboxylic acids is 1. The molecule has 8 nitrogen and oxygen atoms in total. The van der Waals surface area contributed by atoms with Crippen molar-refractivity contribution in [2.45, 2.75) is 0 Å². The van der Waals surface area contributed by atoms with Crippen molar-refractivity contribution in [2.24, 2.45) is 0 Å². The fourth-order valence-corrected chi connectivity index (χ4v) is 2.39. The maximum atomic E-state index is 12.1. The Hall–Kier alpha value is -3.16. The molecule has 3 rings (SSSR count). The minimum atomic E-state index is -1.10. The van der Waals surface area contributed by atoms with Gasteiger partial charge in [-0.2, -0.15) is 5.10 Å². The number of anilines is 1. The van der Waals surface area contributed by atoms with E-state index in [2.05, 4.69) is 10.2 Å². The second-order valence-corrected chi connectivity index (χ2v) is 5.21. The number of hydrogen-bond acceptors (Lipinski definition) is 4. The van der Waals surface area contributed by atoms with Crippen molar-refractivity contribution in [3.05, 3.63) is 36.0 Å². The molecule has 1 aliphatic heterocycles. The molecule has 0 bridgehead atoms. The first-order valence-corrected chi connectivity index (χ1v) is 6.93. The van der Waals surface area contributed by atoms with Crippen molar-refractivity contribution < 1.29 is 19.5 Å². The van der Waals surface area contributed by atoms with Crippen LogP contribution in [0.15, 0.2) is 30.3 Å². The van der Waals surface area contributed by atoms with E-state index < -0.39 is 17.8 Å². The molecule has 2 aromatic rings. The summed E-state index contributed by atoms with van der Waals surface area (Å²) in [5.41, 5.74) is 1.67. The third-order valence-corrected chi connectivity index (χ3v) is 3.70. The molecule has 1 fully saturated rings. The first-order chi connectivity index (χ1) is 11.0. The number of carbonyl (C=O) groups is 3. The Bertz CT molecular complexity index is 798. The highest BCUT2D eigenvalue weighted by Crippen LogP contribution is 2.25. The number of aromatic amines is 1. The van der Waals surface area contributed by atoms with Crippen molar-refractivity contribution in [1.29, 1.82) is 0 Å². The third-order valence-electron chi connectivity index (χ3n) is 3.70. The lowest BCUT2D eigenvalue weighted by molar-refractivity contribution is -0.145. The zero-order valence-electron chi connectivity index (χ0n) is 12.3. The second kappa shape index (κ2) is 5.56. The number of H-pyrrole nitrogens is 1. The Morgan fingerprint density at radius 1 is 1.22 bits per heavy atom. The molecule has 2 N–H and O–H groups in total. The van der Waals surface area contributed by atoms with Gasteiger partial charge in [0.1, 0.15) is 5.69 Å². The molecule has 1 aliphatic rings. The number of benzene rings is 1. The summed E-state index contributed by atoms with van der Waals surface area (Å²) in [6, 6.07) is 8.34. The van der Waals surface area contributed by atoms with Crippen LogP contribution < -0.4 is 4.90 Å². The summed E-state index contributed by atoms with van der Waals surface area (Å²) < 4.78 is 0. The van der Waals surface area contributed by atoms with Gasteiger partial charge in [0.05, 0.1) is 5.69 Å². The van der Waals surface area contributed by atoms with Gasteiger partial charge >= 0.3 is 17.8 Å². The average Bonchev–Trinajstić information content (AvgIpc) is 3.03. The highest BCUT2D eigenvalue weighted by molar-refractivity contribution is 6.40. The lowest BCUT2D eigenvalue weighted by atomic mass is 10.1. The maximum absolute atomic E-state index is 12.1. The van der Waals surface area contributed by atoms with Gasteiger partial charge in [0.15, 0.2) is 0 Å². The number of hydrogen-bond donors (Lipinski definition) is 2. The van der Waals surface area contributed by atoms with Crippen LogP contribution in [0.4, 0.5) is 5.69 Å². The van der Waals surface area contributed by atoms with Crippen molar-refractivity contribution >= 4 is 23.5 Å². The van der Waals surface area contributed by atoms with Gasteiger partial charge in [-0.25, -0.2) is 4.79 Å². The Kier molecular flexibility index (Phi) is 3.57. The molecular formula is C15H14N4O4. The van der Waals surface area contributed by atoms with E-state index >= 15 is 0 Å². The van der Waals surface area contributed by atoms with E-state index in [-0.39, 0.29) is 5.69 Å². The molecular weight excluding hydrogens is 300 g/mol. The lowest BCUT2D eigenvalue weighted by Crippen LogP contribution is -2.53. The zero-order valence-corrected chi connectivity index (χ0v) is 12.3. The van der Waals surface area contributed by atoms with Crippen LogP contribution >= 0.6 is 0 Å². The number of carbonyl (C=O) groups excluding carboxylic acids is 2. The Balaban J connectivity index is 1.92. The minimum absolute atomic E-state index is 0.0174. The van der Waals surface area contributed by atoms with Crippen LogP contribution in [0.3, 0.4) is 0 Å². The van der Waals surface area contributed by atoms with E-state index in [1.807, 2.05) is 0 Å². The van der Waals surface area contributed by atoms with Gasteiger partial charge in [-0.3, -0.25) is 14.7 Å². The smallest absolute Gasteiger partial charge is 0.353 e. The Morgan fingerprint density at radius 3 is 2.70 bits per heavy atom. The summed E-state index contributed by atoms with van der Waals surface area (Å²) in [5, 5.41) is 15.3. The van der Waals surface area contributed by atoms with Crippen LogP contribution in [0.25, 0.3) is 11.3 Å². The van der Waals surface area contributed by atoms with Gasteiger partial charge in [0.2, 0.25) is 0 Å². The summed E-state index contributed by atoms with van der Waals surface area (Å²) in [5.74, 6) is -2.22. The molecule has 0 aliphatic carbocycles. The summed E-state index contributed by atoms with van der Waals surface area (Å²) >= 11 is 0. The third kappa shape index (κ3) is 2.66. The number of amides is 2. The lowest BCUT2D eigenvalue weighted by Gasteiger charge is -2.31. The molecule has 118 valence electrons. The topological polar surface area (TPSA) is 107 Å². The number of likely N-dealkylation sites (N-methyl/N-ethyl adjacent to an activating group) is 1. The van der Waals surface area contributed by atoms with E-state index in [9.17, 15) is 14.4 Å². The first kappa shape index (κ1) is 14.8. The van der Waals surface area contributed by atoms with Gasteiger partial charge in [-0.05, 0) is 18.2 Å². The van der Waals surface area contributed by atoms with Crippen molar-refractivity contribution in [2.75, 3.05) is 25.0 Å². The second-order valence-electron chi connectivity index (χ2n) is 5.21. The van der Waals surface area contributed by atoms with Crippen LogP contribution in [0.2, 0.25) is 0 Å². The number of carboxylic acid groups (broad SMARTS) is 1. The number of aromatic nitrogens is 2. The molecule has 23 heavy (non-hydrogen) atoms. The van der Waals surface area contributed by atoms with E-state index in [1.54, 1.807) is 31.3 Å². The number of piperazine rings is 1. The molecule has 1 saturated heterocycles. The standard InChI is InChI=1S/C15H14N4O4/c1-18-5-6-19(14(21)13(18)20)10-4-2-3-9(7-10)11-8-12(15(22)23)17-16-11/h2-4,7-8H,5-6H2,1H3,(H,16,17)(H,22,23). The van der Waals surface area contributed by atoms with E-state index in [0.717, 1.165) is 0 Å². The first-order valence-electron chi connectivity index (χ1n) is 6.93. The zero-order chi connectivity index (χ0) is 16.6. The van der Waals surface area contributed by atoms with Crippen molar-refractivity contribution in [3.63, 3.8) is 0 Å². The number of rotatable bonds is 3. The summed E-state index contributed by atoms with van der Waals surface area (Å²) in [4.78, 5) is 37.6. The van der Waals surface area contributed by atoms with Crippen LogP contribution in [0.5, 0.6) is 0 Å². The molecule has 0 unspecified atom stereocenters. The van der Waals surface area contributed by atoms with Crippen molar-refractivity contribution in [1.82, 2.24) is 15.1 Å². The normalized spacial score (nSPS) is 15.2. The molecule has 8 heteroatoms. The Labute approximate surface area is 131 Å². The number of nitrogens with zero attached hydrogens (tertiary/aromatic N) is 3. The van der Waals surface area contributed by atoms with Crippen LogP contribution in [-0.2, 0) is 9.59 Å². The maximum Gasteiger partial charge on any atom is 0.353 e. The van der Waals surface area contributed by atoms with Crippen LogP contribution in [0, 0.1) is 0 Å². The predicted molar refractivity (Wildman–Crippen MR) is 81.0 cm³/mol. The average molecular weight is 314 g/mol. The predicted octanol–water partition coefficient (Wildman–Crippen LogP) is 0.580. The molecule has 0 radical (unpaired) electrons. The number of aromatic carboxylic acids is 1. The quantitative estimate of drug-likeness (QED) is 0.806. The largest absolute Gasteiger partial charge is 0.477 e. The molecule has 0 saturated carbocycles. The summed E-state index contributed by atoms with van der Waals surface area (Å²) in [7, 11) is 1.59. The van der Waals surface area contributed by atoms with Gasteiger partial charge in [-0.15, -0.1) is 0 Å². The molecule has 0 spiro atoms. The molecule has 0 atom stereocenters. The van der Waals surface area contributed by atoms with Crippen LogP contribution in [0.1, 0.15) is 10.5 Å². The van der Waals surface area contributed by atoms with Gasteiger partial charge in [0.25, 0.3) is 0 Å². The van der Waals surface area contributed by atoms with E-state index in [0.29, 0.717) is 30.0 Å². The fraction of sp³-hybridized carbons (Fsp3) is 0.200. The molecule has 1 aromatic heterocycles. The summed E-state index contributed by atoms with van der Waals surface area (Å²) in [6.07, 6.45) is 0. The SMILES string of the molecule is CN1CCN(c2cccc(-c3cc(C(=O)O)[nH]n3)c2)C(=O)C1=O. The molecule has 2 heterocycles. The van der Waals surface area contributed by atoms with Gasteiger partial charge in [0, 0.05) is 31.4 Å². The molecule has 1 aromatic carbocycles. The van der Waals surface area contributed by atoms with E-state index in [4.69, 9.17) is 5.11 Å². The highest BCUT2D eigenvalue weighted by atomic mass is 16.4. The van der Waals surface area contributed by atoms with Crippen LogP contribution in [-0.4, -0.2) is 58.1 Å².